The summed E-state index contributed by atoms with van der Waals surface area (Å²) in [7, 11) is 1.57. The van der Waals surface area contributed by atoms with E-state index in [1.165, 1.54) is 0 Å². The standard InChI is InChI=1S/C9H14FNO/c1-4-11(7(2)6-12-3)9-5-8(9)10/h4,6,8-9H,1,5H2,2-3H3/b7-6+/t8?,9-/m1/s1. The molecule has 1 unspecified atom stereocenters. The van der Waals surface area contributed by atoms with Crippen LogP contribution in [0.2, 0.25) is 0 Å². The lowest BCUT2D eigenvalue weighted by Crippen LogP contribution is -2.19. The summed E-state index contributed by atoms with van der Waals surface area (Å²) in [4.78, 5) is 1.80. The van der Waals surface area contributed by atoms with Gasteiger partial charge in [0.15, 0.2) is 0 Å². The average Bonchev–Trinajstić information content (AvgIpc) is 2.69. The summed E-state index contributed by atoms with van der Waals surface area (Å²) in [5.74, 6) is 0. The van der Waals surface area contributed by atoms with Gasteiger partial charge >= 0.3 is 0 Å². The minimum atomic E-state index is -0.705. The van der Waals surface area contributed by atoms with E-state index in [4.69, 9.17) is 4.74 Å². The van der Waals surface area contributed by atoms with Crippen LogP contribution in [0.3, 0.4) is 0 Å². The number of allylic oxidation sites excluding steroid dienone is 1. The van der Waals surface area contributed by atoms with E-state index in [0.717, 1.165) is 5.70 Å². The zero-order valence-corrected chi connectivity index (χ0v) is 7.46. The number of halogens is 1. The first-order chi connectivity index (χ1) is 5.70. The lowest BCUT2D eigenvalue weighted by atomic mass is 10.4. The summed E-state index contributed by atoms with van der Waals surface area (Å²) < 4.78 is 17.5. The van der Waals surface area contributed by atoms with E-state index in [9.17, 15) is 4.39 Å². The molecular weight excluding hydrogens is 157 g/mol. The van der Waals surface area contributed by atoms with Crippen molar-refractivity contribution in [3.8, 4) is 0 Å². The number of alkyl halides is 1. The van der Waals surface area contributed by atoms with Gasteiger partial charge in [0.1, 0.15) is 12.4 Å². The number of ether oxygens (including phenoxy) is 1. The van der Waals surface area contributed by atoms with Crippen LogP contribution in [0.4, 0.5) is 4.39 Å². The van der Waals surface area contributed by atoms with E-state index >= 15 is 0 Å². The molecule has 68 valence electrons. The molecule has 0 aromatic carbocycles. The lowest BCUT2D eigenvalue weighted by molar-refractivity contribution is 0.306. The van der Waals surface area contributed by atoms with Crippen LogP contribution >= 0.6 is 0 Å². The molecule has 0 amide bonds. The Hall–Kier alpha value is -0.990. The first kappa shape index (κ1) is 9.10. The normalized spacial score (nSPS) is 28.1. The summed E-state index contributed by atoms with van der Waals surface area (Å²) in [6.07, 6.45) is 3.12. The topological polar surface area (TPSA) is 12.5 Å². The number of methoxy groups -OCH3 is 1. The number of nitrogens with zero attached hydrogens (tertiary/aromatic N) is 1. The molecule has 0 spiro atoms. The minimum absolute atomic E-state index is 0.0195. The van der Waals surface area contributed by atoms with Gasteiger partial charge in [0, 0.05) is 12.1 Å². The summed E-state index contributed by atoms with van der Waals surface area (Å²) in [5, 5.41) is 0. The molecule has 1 rings (SSSR count). The Kier molecular flexibility index (Phi) is 2.74. The van der Waals surface area contributed by atoms with Gasteiger partial charge in [0.2, 0.25) is 0 Å². The van der Waals surface area contributed by atoms with E-state index < -0.39 is 6.17 Å². The van der Waals surface area contributed by atoms with E-state index in [1.807, 2.05) is 6.92 Å². The SMILES string of the molecule is C=CN(/C(C)=C/OC)[C@@H]1CC1F. The third-order valence-corrected chi connectivity index (χ3v) is 1.93. The minimum Gasteiger partial charge on any atom is -0.503 e. The molecule has 2 atom stereocenters. The molecule has 1 fully saturated rings. The van der Waals surface area contributed by atoms with E-state index in [-0.39, 0.29) is 6.04 Å². The summed E-state index contributed by atoms with van der Waals surface area (Å²) in [5.41, 5.74) is 0.887. The monoisotopic (exact) mass is 171 g/mol. The Bertz CT molecular complexity index is 203. The van der Waals surface area contributed by atoms with Crippen molar-refractivity contribution in [2.24, 2.45) is 0 Å². The van der Waals surface area contributed by atoms with Crippen LogP contribution in [0.5, 0.6) is 0 Å². The molecule has 1 aliphatic carbocycles. The van der Waals surface area contributed by atoms with Crippen LogP contribution in [-0.2, 0) is 4.74 Å². The predicted molar refractivity (Wildman–Crippen MR) is 46.1 cm³/mol. The van der Waals surface area contributed by atoms with Crippen LogP contribution in [0.1, 0.15) is 13.3 Å². The molecule has 1 aliphatic rings. The second-order valence-corrected chi connectivity index (χ2v) is 2.90. The Morgan fingerprint density at radius 1 is 1.75 bits per heavy atom. The Balaban J connectivity index is 2.56. The second-order valence-electron chi connectivity index (χ2n) is 2.90. The van der Waals surface area contributed by atoms with Gasteiger partial charge in [0.05, 0.1) is 13.2 Å². The van der Waals surface area contributed by atoms with E-state index in [2.05, 4.69) is 6.58 Å². The smallest absolute Gasteiger partial charge is 0.123 e. The van der Waals surface area contributed by atoms with Gasteiger partial charge in [-0.25, -0.2) is 4.39 Å². The predicted octanol–water partition coefficient (Wildman–Crippen LogP) is 2.05. The van der Waals surface area contributed by atoms with E-state index in [1.54, 1.807) is 24.5 Å². The van der Waals surface area contributed by atoms with Gasteiger partial charge < -0.3 is 9.64 Å². The first-order valence-corrected chi connectivity index (χ1v) is 3.95. The molecule has 0 aromatic heterocycles. The largest absolute Gasteiger partial charge is 0.503 e. The third kappa shape index (κ3) is 1.78. The molecule has 3 heteroatoms. The Morgan fingerprint density at radius 2 is 2.33 bits per heavy atom. The van der Waals surface area contributed by atoms with Crippen LogP contribution in [-0.4, -0.2) is 24.2 Å². The maximum Gasteiger partial charge on any atom is 0.123 e. The van der Waals surface area contributed by atoms with Crippen molar-refractivity contribution >= 4 is 0 Å². The summed E-state index contributed by atoms with van der Waals surface area (Å²) in [6.45, 7) is 5.49. The highest BCUT2D eigenvalue weighted by molar-refractivity contribution is 5.09. The van der Waals surface area contributed by atoms with Crippen molar-refractivity contribution in [2.75, 3.05) is 7.11 Å². The maximum atomic E-state index is 12.7. The van der Waals surface area contributed by atoms with Gasteiger partial charge in [0.25, 0.3) is 0 Å². The van der Waals surface area contributed by atoms with Crippen LogP contribution in [0, 0.1) is 0 Å². The summed E-state index contributed by atoms with van der Waals surface area (Å²) >= 11 is 0. The van der Waals surface area contributed by atoms with Crippen LogP contribution in [0.25, 0.3) is 0 Å². The van der Waals surface area contributed by atoms with E-state index in [0.29, 0.717) is 6.42 Å². The highest BCUT2D eigenvalue weighted by Crippen LogP contribution is 2.33. The molecule has 2 nitrogen and oxygen atoms in total. The molecule has 0 radical (unpaired) electrons. The van der Waals surface area contributed by atoms with Crippen molar-refractivity contribution in [1.82, 2.24) is 4.90 Å². The number of hydrogen-bond donors (Lipinski definition) is 0. The van der Waals surface area contributed by atoms with Crippen molar-refractivity contribution in [3.05, 3.63) is 24.7 Å². The van der Waals surface area contributed by atoms with Crippen molar-refractivity contribution in [1.29, 1.82) is 0 Å². The maximum absolute atomic E-state index is 12.7. The van der Waals surface area contributed by atoms with Gasteiger partial charge in [-0.05, 0) is 13.1 Å². The molecule has 1 saturated carbocycles. The second kappa shape index (κ2) is 3.61. The Labute approximate surface area is 72.3 Å². The van der Waals surface area contributed by atoms with Gasteiger partial charge in [-0.1, -0.05) is 6.58 Å². The molecule has 0 bridgehead atoms. The third-order valence-electron chi connectivity index (χ3n) is 1.93. The quantitative estimate of drug-likeness (QED) is 0.600. The molecule has 12 heavy (non-hydrogen) atoms. The molecule has 0 aliphatic heterocycles. The fourth-order valence-electron chi connectivity index (χ4n) is 1.21. The summed E-state index contributed by atoms with van der Waals surface area (Å²) in [6, 6.07) is -0.0195. The van der Waals surface area contributed by atoms with Crippen LogP contribution in [0.15, 0.2) is 24.7 Å². The van der Waals surface area contributed by atoms with Gasteiger partial charge in [-0.3, -0.25) is 0 Å². The molecular formula is C9H14FNO. The molecule has 0 saturated heterocycles. The fourth-order valence-corrected chi connectivity index (χ4v) is 1.21. The Morgan fingerprint density at radius 3 is 2.67 bits per heavy atom. The molecule has 0 N–H and O–H groups in total. The van der Waals surface area contributed by atoms with Crippen molar-refractivity contribution in [2.45, 2.75) is 25.6 Å². The van der Waals surface area contributed by atoms with Gasteiger partial charge in [-0.2, -0.15) is 0 Å². The highest BCUT2D eigenvalue weighted by Gasteiger charge is 2.41. The van der Waals surface area contributed by atoms with Crippen molar-refractivity contribution < 1.29 is 9.13 Å². The lowest BCUT2D eigenvalue weighted by Gasteiger charge is -2.19. The average molecular weight is 171 g/mol. The zero-order chi connectivity index (χ0) is 9.14. The fraction of sp³-hybridized carbons (Fsp3) is 0.556. The molecule has 0 aromatic rings. The number of hydrogen-bond acceptors (Lipinski definition) is 2. The zero-order valence-electron chi connectivity index (χ0n) is 7.46. The highest BCUT2D eigenvalue weighted by atomic mass is 19.1. The molecule has 0 heterocycles. The van der Waals surface area contributed by atoms with Crippen molar-refractivity contribution in [3.63, 3.8) is 0 Å². The van der Waals surface area contributed by atoms with Gasteiger partial charge in [-0.15, -0.1) is 0 Å². The number of rotatable bonds is 4. The van der Waals surface area contributed by atoms with Crippen LogP contribution < -0.4 is 0 Å². The first-order valence-electron chi connectivity index (χ1n) is 3.95.